The molecule has 3 heterocycles. The quantitative estimate of drug-likeness (QED) is 0.718. The molecule has 1 aromatic heterocycles. The molecule has 3 rings (SSSR count). The number of carboxylic acid groups (broad SMARTS) is 1. The van der Waals surface area contributed by atoms with Gasteiger partial charge in [-0.05, 0) is 45.2 Å². The number of nitrogens with zero attached hydrogens (tertiary/aromatic N) is 2. The Labute approximate surface area is 184 Å². The maximum Gasteiger partial charge on any atom is 0.490 e. The summed E-state index contributed by atoms with van der Waals surface area (Å²) >= 11 is 0. The molecule has 0 aliphatic carbocycles. The summed E-state index contributed by atoms with van der Waals surface area (Å²) in [5.41, 5.74) is 0.395. The van der Waals surface area contributed by atoms with E-state index in [2.05, 4.69) is 4.98 Å². The Morgan fingerprint density at radius 2 is 2.09 bits per heavy atom. The first kappa shape index (κ1) is 25.9. The fourth-order valence-corrected chi connectivity index (χ4v) is 3.89. The number of alkyl halides is 3. The number of carbonyl (C=O) groups excluding carboxylic acids is 1. The Balaban J connectivity index is 0.000000451. The molecule has 8 nitrogen and oxygen atoms in total. The third-order valence-corrected chi connectivity index (χ3v) is 5.42. The number of fused-ring (bicyclic) bond motifs is 1. The van der Waals surface area contributed by atoms with Gasteiger partial charge in [-0.25, -0.2) is 9.78 Å². The Kier molecular flexibility index (Phi) is 8.85. The predicted octanol–water partition coefficient (Wildman–Crippen LogP) is 3.16. The number of carboxylic acids is 1. The molecule has 1 aromatic rings. The van der Waals surface area contributed by atoms with Crippen LogP contribution >= 0.6 is 0 Å². The summed E-state index contributed by atoms with van der Waals surface area (Å²) in [4.78, 5) is 28.0. The van der Waals surface area contributed by atoms with E-state index in [0.717, 1.165) is 25.9 Å². The molecule has 0 aromatic carbocycles. The summed E-state index contributed by atoms with van der Waals surface area (Å²) in [7, 11) is 1.54. The van der Waals surface area contributed by atoms with Gasteiger partial charge < -0.3 is 24.2 Å². The van der Waals surface area contributed by atoms with Crippen molar-refractivity contribution in [1.82, 2.24) is 9.88 Å². The van der Waals surface area contributed by atoms with E-state index >= 15 is 0 Å². The molecule has 1 N–H and O–H groups in total. The highest BCUT2D eigenvalue weighted by Crippen LogP contribution is 2.41. The van der Waals surface area contributed by atoms with E-state index in [1.165, 1.54) is 7.11 Å². The fraction of sp³-hybridized carbons (Fsp3) is 0.667. The second-order valence-electron chi connectivity index (χ2n) is 8.06. The standard InChI is InChI=1S/C19H28N2O4.C2HF3O2/c1-14(2)25-13-19-8-5-11-24-16(19)7-10-21(12-19)18(22)15-6-4-9-20-17(15)23-3;3-2(4,5)1(6)7/h4,6,9,14,16H,5,7-8,10-13H2,1-3H3;(H,6,7). The van der Waals surface area contributed by atoms with Gasteiger partial charge in [0.25, 0.3) is 5.91 Å². The van der Waals surface area contributed by atoms with E-state index in [-0.39, 0.29) is 23.5 Å². The average molecular weight is 462 g/mol. The number of hydrogen-bond donors (Lipinski definition) is 1. The maximum absolute atomic E-state index is 13.1. The van der Waals surface area contributed by atoms with Crippen molar-refractivity contribution in [1.29, 1.82) is 0 Å². The van der Waals surface area contributed by atoms with Crippen LogP contribution in [0.4, 0.5) is 13.2 Å². The molecule has 2 saturated heterocycles. The summed E-state index contributed by atoms with van der Waals surface area (Å²) in [6.45, 7) is 6.86. The Hall–Kier alpha value is -2.40. The van der Waals surface area contributed by atoms with Crippen LogP contribution in [-0.2, 0) is 14.3 Å². The van der Waals surface area contributed by atoms with Gasteiger partial charge >= 0.3 is 12.1 Å². The molecule has 180 valence electrons. The predicted molar refractivity (Wildman–Crippen MR) is 107 cm³/mol. The Bertz CT molecular complexity index is 789. The van der Waals surface area contributed by atoms with Gasteiger partial charge in [-0.2, -0.15) is 13.2 Å². The Morgan fingerprint density at radius 3 is 2.69 bits per heavy atom. The highest BCUT2D eigenvalue weighted by Gasteiger charge is 2.47. The van der Waals surface area contributed by atoms with E-state index in [1.54, 1.807) is 18.3 Å². The number of aliphatic carboxylic acids is 1. The zero-order chi connectivity index (χ0) is 23.9. The molecular formula is C21H29F3N2O6. The van der Waals surface area contributed by atoms with Crippen LogP contribution in [0.3, 0.4) is 0 Å². The van der Waals surface area contributed by atoms with Crippen molar-refractivity contribution in [3.8, 4) is 5.88 Å². The van der Waals surface area contributed by atoms with Gasteiger partial charge in [0.2, 0.25) is 5.88 Å². The maximum atomic E-state index is 13.1. The van der Waals surface area contributed by atoms with E-state index in [4.69, 9.17) is 24.1 Å². The van der Waals surface area contributed by atoms with Gasteiger partial charge in [0.15, 0.2) is 0 Å². The molecule has 0 saturated carbocycles. The van der Waals surface area contributed by atoms with Crippen molar-refractivity contribution in [2.75, 3.05) is 33.4 Å². The number of methoxy groups -OCH3 is 1. The van der Waals surface area contributed by atoms with Crippen LogP contribution in [0.2, 0.25) is 0 Å². The summed E-state index contributed by atoms with van der Waals surface area (Å²) in [5, 5.41) is 7.12. The molecule has 1 amide bonds. The van der Waals surface area contributed by atoms with Gasteiger partial charge in [-0.1, -0.05) is 0 Å². The van der Waals surface area contributed by atoms with Crippen LogP contribution < -0.4 is 4.74 Å². The molecular weight excluding hydrogens is 433 g/mol. The number of ether oxygens (including phenoxy) is 3. The molecule has 0 spiro atoms. The largest absolute Gasteiger partial charge is 0.490 e. The van der Waals surface area contributed by atoms with Gasteiger partial charge in [0.05, 0.1) is 25.9 Å². The van der Waals surface area contributed by atoms with E-state index in [0.29, 0.717) is 31.1 Å². The highest BCUT2D eigenvalue weighted by molar-refractivity contribution is 5.96. The lowest BCUT2D eigenvalue weighted by atomic mass is 9.73. The van der Waals surface area contributed by atoms with Crippen LogP contribution in [0.25, 0.3) is 0 Å². The first-order valence-corrected chi connectivity index (χ1v) is 10.3. The van der Waals surface area contributed by atoms with E-state index in [9.17, 15) is 18.0 Å². The van der Waals surface area contributed by atoms with Crippen molar-refractivity contribution < 1.29 is 42.1 Å². The lowest BCUT2D eigenvalue weighted by Gasteiger charge is -2.50. The van der Waals surface area contributed by atoms with Gasteiger partial charge in [-0.15, -0.1) is 0 Å². The number of amides is 1. The summed E-state index contributed by atoms with van der Waals surface area (Å²) in [6.07, 6.45) is -0.236. The number of likely N-dealkylation sites (tertiary alicyclic amines) is 1. The number of aromatic nitrogens is 1. The lowest BCUT2D eigenvalue weighted by molar-refractivity contribution is -0.192. The van der Waals surface area contributed by atoms with Crippen LogP contribution in [0, 0.1) is 5.41 Å². The van der Waals surface area contributed by atoms with Crippen LogP contribution in [-0.4, -0.2) is 78.7 Å². The highest BCUT2D eigenvalue weighted by atomic mass is 19.4. The molecule has 2 unspecified atom stereocenters. The van der Waals surface area contributed by atoms with E-state index in [1.807, 2.05) is 18.7 Å². The number of carbonyl (C=O) groups is 2. The second kappa shape index (κ2) is 11.0. The number of rotatable bonds is 5. The lowest BCUT2D eigenvalue weighted by Crippen LogP contribution is -2.58. The minimum atomic E-state index is -5.08. The molecule has 2 aliphatic rings. The van der Waals surface area contributed by atoms with Gasteiger partial charge in [0.1, 0.15) is 5.56 Å². The number of pyridine rings is 1. The van der Waals surface area contributed by atoms with Crippen LogP contribution in [0.15, 0.2) is 18.3 Å². The molecule has 32 heavy (non-hydrogen) atoms. The molecule has 2 fully saturated rings. The smallest absolute Gasteiger partial charge is 0.480 e. The average Bonchev–Trinajstić information content (AvgIpc) is 2.76. The van der Waals surface area contributed by atoms with Crippen molar-refractivity contribution >= 4 is 11.9 Å². The summed E-state index contributed by atoms with van der Waals surface area (Å²) in [5.74, 6) is -2.41. The van der Waals surface area contributed by atoms with E-state index < -0.39 is 12.1 Å². The number of hydrogen-bond acceptors (Lipinski definition) is 6. The summed E-state index contributed by atoms with van der Waals surface area (Å²) in [6, 6.07) is 3.54. The zero-order valence-electron chi connectivity index (χ0n) is 18.4. The van der Waals surface area contributed by atoms with Crippen molar-refractivity contribution in [2.45, 2.75) is 51.5 Å². The number of halogens is 3. The third kappa shape index (κ3) is 6.55. The van der Waals surface area contributed by atoms with Crippen LogP contribution in [0.5, 0.6) is 5.88 Å². The van der Waals surface area contributed by atoms with Gasteiger partial charge in [-0.3, -0.25) is 4.79 Å². The van der Waals surface area contributed by atoms with Crippen molar-refractivity contribution in [3.63, 3.8) is 0 Å². The Morgan fingerprint density at radius 1 is 1.41 bits per heavy atom. The minimum Gasteiger partial charge on any atom is -0.480 e. The van der Waals surface area contributed by atoms with Gasteiger partial charge in [0, 0.05) is 31.3 Å². The minimum absolute atomic E-state index is 0.0297. The fourth-order valence-electron chi connectivity index (χ4n) is 3.89. The first-order valence-electron chi connectivity index (χ1n) is 10.3. The number of piperidine rings is 1. The topological polar surface area (TPSA) is 98.2 Å². The molecule has 2 atom stereocenters. The van der Waals surface area contributed by atoms with Crippen molar-refractivity contribution in [3.05, 3.63) is 23.9 Å². The molecule has 2 aliphatic heterocycles. The zero-order valence-corrected chi connectivity index (χ0v) is 18.4. The SMILES string of the molecule is COc1ncccc1C(=O)N1CCC2OCCCC2(COC(C)C)C1.O=C(O)C(F)(F)F. The molecule has 0 radical (unpaired) electrons. The monoisotopic (exact) mass is 462 g/mol. The third-order valence-electron chi connectivity index (χ3n) is 5.42. The molecule has 0 bridgehead atoms. The first-order chi connectivity index (χ1) is 15.0. The summed E-state index contributed by atoms with van der Waals surface area (Å²) < 4.78 is 49.0. The molecule has 11 heteroatoms. The second-order valence-corrected chi connectivity index (χ2v) is 8.06. The van der Waals surface area contributed by atoms with Crippen LogP contribution in [0.1, 0.15) is 43.5 Å². The van der Waals surface area contributed by atoms with Crippen molar-refractivity contribution in [2.24, 2.45) is 5.41 Å². The normalized spacial score (nSPS) is 23.1.